The molecule has 1 aliphatic rings. The van der Waals surface area contributed by atoms with Gasteiger partial charge in [0.05, 0.1) is 19.3 Å². The zero-order valence-corrected chi connectivity index (χ0v) is 15.7. The standard InChI is InChI=1S/C15H22F10N2O2/c1-8(11(3,17)10(16)13(20,21)22)29-9(2)12(18,19)14(26,15(23,24)25)27-4-6-28-7-5-27/h8-10H,4-7,26H2,1-3H3. The molecular formula is C15H22F10N2O2. The normalized spacial score (nSPS) is 25.0. The Kier molecular flexibility index (Phi) is 7.53. The van der Waals surface area contributed by atoms with Gasteiger partial charge in [0.2, 0.25) is 11.8 Å². The summed E-state index contributed by atoms with van der Waals surface area (Å²) in [7, 11) is 0. The van der Waals surface area contributed by atoms with E-state index in [0.717, 1.165) is 0 Å². The van der Waals surface area contributed by atoms with Gasteiger partial charge in [-0.25, -0.2) is 8.78 Å². The third-order valence-electron chi connectivity index (χ3n) is 4.95. The largest absolute Gasteiger partial charge is 0.426 e. The number of halogens is 10. The van der Waals surface area contributed by atoms with E-state index in [4.69, 9.17) is 10.5 Å². The summed E-state index contributed by atoms with van der Waals surface area (Å²) in [6.07, 6.45) is -20.8. The van der Waals surface area contributed by atoms with Crippen LogP contribution >= 0.6 is 0 Å². The molecule has 0 bridgehead atoms. The van der Waals surface area contributed by atoms with E-state index in [1.54, 1.807) is 0 Å². The maximum absolute atomic E-state index is 14.8. The molecule has 14 heteroatoms. The third-order valence-corrected chi connectivity index (χ3v) is 4.95. The first-order chi connectivity index (χ1) is 12.8. The molecule has 1 rings (SSSR count). The van der Waals surface area contributed by atoms with Crippen molar-refractivity contribution < 1.29 is 53.4 Å². The second-order valence-electron chi connectivity index (χ2n) is 6.96. The third kappa shape index (κ3) is 4.90. The highest BCUT2D eigenvalue weighted by molar-refractivity contribution is 5.07. The van der Waals surface area contributed by atoms with Crippen molar-refractivity contribution in [3.8, 4) is 0 Å². The number of nitrogens with zero attached hydrogens (tertiary/aromatic N) is 1. The summed E-state index contributed by atoms with van der Waals surface area (Å²) >= 11 is 0. The van der Waals surface area contributed by atoms with Crippen LogP contribution in [0.3, 0.4) is 0 Å². The van der Waals surface area contributed by atoms with Gasteiger partial charge in [0.1, 0.15) is 6.10 Å². The van der Waals surface area contributed by atoms with E-state index in [1.165, 1.54) is 0 Å². The lowest BCUT2D eigenvalue weighted by Gasteiger charge is -2.49. The van der Waals surface area contributed by atoms with Crippen LogP contribution in [0.4, 0.5) is 43.9 Å². The van der Waals surface area contributed by atoms with Crippen molar-refractivity contribution in [3.05, 3.63) is 0 Å². The van der Waals surface area contributed by atoms with Gasteiger partial charge >= 0.3 is 18.3 Å². The molecule has 2 N–H and O–H groups in total. The van der Waals surface area contributed by atoms with E-state index in [2.05, 4.69) is 4.74 Å². The molecule has 0 amide bonds. The summed E-state index contributed by atoms with van der Waals surface area (Å²) < 4.78 is 145. The Labute approximate surface area is 160 Å². The minimum absolute atomic E-state index is 0.113. The Morgan fingerprint density at radius 3 is 1.72 bits per heavy atom. The molecule has 1 heterocycles. The fourth-order valence-corrected chi connectivity index (χ4v) is 2.86. The molecule has 1 saturated heterocycles. The van der Waals surface area contributed by atoms with Crippen LogP contribution in [-0.2, 0) is 9.47 Å². The van der Waals surface area contributed by atoms with Gasteiger partial charge < -0.3 is 15.2 Å². The molecule has 0 aromatic carbocycles. The summed E-state index contributed by atoms with van der Waals surface area (Å²) in [6, 6.07) is 0. The average molecular weight is 452 g/mol. The zero-order chi connectivity index (χ0) is 23.1. The van der Waals surface area contributed by atoms with Crippen LogP contribution < -0.4 is 5.73 Å². The van der Waals surface area contributed by atoms with Crippen molar-refractivity contribution in [2.24, 2.45) is 5.73 Å². The van der Waals surface area contributed by atoms with E-state index in [-0.39, 0.29) is 25.0 Å². The summed E-state index contributed by atoms with van der Waals surface area (Å²) in [5.41, 5.74) is -3.02. The van der Waals surface area contributed by atoms with Gasteiger partial charge in [0, 0.05) is 13.1 Å². The van der Waals surface area contributed by atoms with Crippen molar-refractivity contribution in [3.63, 3.8) is 0 Å². The Morgan fingerprint density at radius 1 is 0.897 bits per heavy atom. The van der Waals surface area contributed by atoms with Gasteiger partial charge in [0.25, 0.3) is 0 Å². The molecule has 0 aromatic rings. The van der Waals surface area contributed by atoms with Gasteiger partial charge in [-0.3, -0.25) is 4.90 Å². The maximum Gasteiger partial charge on any atom is 0.426 e. The van der Waals surface area contributed by atoms with Crippen LogP contribution in [0.2, 0.25) is 0 Å². The lowest BCUT2D eigenvalue weighted by Crippen LogP contribution is -2.78. The number of hydrogen-bond donors (Lipinski definition) is 1. The van der Waals surface area contributed by atoms with Gasteiger partial charge in [0.15, 0.2) is 5.67 Å². The van der Waals surface area contributed by atoms with E-state index >= 15 is 0 Å². The minimum atomic E-state index is -5.71. The first-order valence-corrected chi connectivity index (χ1v) is 8.42. The molecule has 0 aromatic heterocycles. The van der Waals surface area contributed by atoms with Crippen LogP contribution in [0.5, 0.6) is 0 Å². The Morgan fingerprint density at radius 2 is 1.34 bits per heavy atom. The summed E-state index contributed by atoms with van der Waals surface area (Å²) in [6.45, 7) is -0.873. The maximum atomic E-state index is 14.8. The summed E-state index contributed by atoms with van der Waals surface area (Å²) in [5.74, 6) is -4.95. The highest BCUT2D eigenvalue weighted by atomic mass is 19.4. The summed E-state index contributed by atoms with van der Waals surface area (Å²) in [5, 5.41) is 0. The van der Waals surface area contributed by atoms with Crippen LogP contribution in [0.1, 0.15) is 20.8 Å². The van der Waals surface area contributed by atoms with E-state index in [0.29, 0.717) is 13.8 Å². The Balaban J connectivity index is 3.17. The topological polar surface area (TPSA) is 47.7 Å². The lowest BCUT2D eigenvalue weighted by molar-refractivity contribution is -0.334. The van der Waals surface area contributed by atoms with Crippen molar-refractivity contribution in [1.29, 1.82) is 0 Å². The van der Waals surface area contributed by atoms with Crippen molar-refractivity contribution in [2.75, 3.05) is 26.3 Å². The number of rotatable bonds is 7. The van der Waals surface area contributed by atoms with Gasteiger partial charge in [-0.05, 0) is 20.8 Å². The number of ether oxygens (including phenoxy) is 2. The fourth-order valence-electron chi connectivity index (χ4n) is 2.86. The highest BCUT2D eigenvalue weighted by Gasteiger charge is 2.73. The summed E-state index contributed by atoms with van der Waals surface area (Å²) in [4.78, 5) is 0.212. The van der Waals surface area contributed by atoms with Gasteiger partial charge in [-0.15, -0.1) is 0 Å². The SMILES string of the molecule is CC(OC(C)C(F)(F)C(N)(N1CCOCC1)C(F)(F)F)C(C)(F)C(F)C(F)(F)F. The number of alkyl halides is 10. The molecule has 5 atom stereocenters. The number of morpholine rings is 1. The fraction of sp³-hybridized carbons (Fsp3) is 1.00. The second kappa shape index (κ2) is 8.35. The van der Waals surface area contributed by atoms with Crippen molar-refractivity contribution in [2.45, 2.75) is 68.8 Å². The average Bonchev–Trinajstić information content (AvgIpc) is 2.58. The zero-order valence-electron chi connectivity index (χ0n) is 15.7. The Bertz CT molecular complexity index is 548. The smallest absolute Gasteiger partial charge is 0.379 e. The molecule has 0 saturated carbocycles. The number of nitrogens with two attached hydrogens (primary N) is 1. The first-order valence-electron chi connectivity index (χ1n) is 8.42. The monoisotopic (exact) mass is 452 g/mol. The van der Waals surface area contributed by atoms with E-state index < -0.39 is 61.1 Å². The molecule has 5 unspecified atom stereocenters. The first kappa shape index (κ1) is 26.2. The molecular weight excluding hydrogens is 430 g/mol. The van der Waals surface area contributed by atoms with Crippen LogP contribution in [-0.4, -0.2) is 79.2 Å². The minimum Gasteiger partial charge on any atom is -0.379 e. The van der Waals surface area contributed by atoms with Crippen molar-refractivity contribution in [1.82, 2.24) is 4.90 Å². The lowest BCUT2D eigenvalue weighted by atomic mass is 9.92. The Hall–Kier alpha value is -0.860. The van der Waals surface area contributed by atoms with Gasteiger partial charge in [-0.2, -0.15) is 35.1 Å². The predicted octanol–water partition coefficient (Wildman–Crippen LogP) is 3.59. The molecule has 0 aliphatic carbocycles. The molecule has 1 fully saturated rings. The van der Waals surface area contributed by atoms with Crippen LogP contribution in [0.15, 0.2) is 0 Å². The van der Waals surface area contributed by atoms with Gasteiger partial charge in [-0.1, -0.05) is 0 Å². The molecule has 0 radical (unpaired) electrons. The highest BCUT2D eigenvalue weighted by Crippen LogP contribution is 2.46. The van der Waals surface area contributed by atoms with E-state index in [9.17, 15) is 43.9 Å². The molecule has 29 heavy (non-hydrogen) atoms. The number of hydrogen-bond acceptors (Lipinski definition) is 4. The van der Waals surface area contributed by atoms with Crippen LogP contribution in [0, 0.1) is 0 Å². The molecule has 4 nitrogen and oxygen atoms in total. The van der Waals surface area contributed by atoms with Crippen molar-refractivity contribution >= 4 is 0 Å². The van der Waals surface area contributed by atoms with E-state index in [1.807, 2.05) is 0 Å². The second-order valence-corrected chi connectivity index (χ2v) is 6.96. The predicted molar refractivity (Wildman–Crippen MR) is 80.8 cm³/mol. The molecule has 1 aliphatic heterocycles. The molecule has 0 spiro atoms. The molecule has 174 valence electrons. The van der Waals surface area contributed by atoms with Crippen LogP contribution in [0.25, 0.3) is 0 Å². The quantitative estimate of drug-likeness (QED) is 0.600.